The highest BCUT2D eigenvalue weighted by atomic mass is 35.5. The first-order valence-corrected chi connectivity index (χ1v) is 10.0. The van der Waals surface area contributed by atoms with Crippen molar-refractivity contribution in [3.8, 4) is 0 Å². The molecule has 3 atom stereocenters. The number of nitrogens with one attached hydrogen (secondary N) is 1. The Hall–Kier alpha value is -3.24. The normalized spacial score (nSPS) is 25.5. The summed E-state index contributed by atoms with van der Waals surface area (Å²) in [5.41, 5.74) is 0.694. The number of carbonyl (C=O) groups excluding carboxylic acids is 4. The maximum atomic E-state index is 12.8. The van der Waals surface area contributed by atoms with Gasteiger partial charge in [-0.1, -0.05) is 11.6 Å². The summed E-state index contributed by atoms with van der Waals surface area (Å²) in [6.07, 6.45) is 0.740. The molecule has 1 aromatic carbocycles. The van der Waals surface area contributed by atoms with Gasteiger partial charge in [0.1, 0.15) is 17.3 Å². The number of fused-ring (bicyclic) bond motifs is 3. The number of carbonyl (C=O) groups is 4. The van der Waals surface area contributed by atoms with E-state index >= 15 is 0 Å². The van der Waals surface area contributed by atoms with Gasteiger partial charge in [-0.3, -0.25) is 19.2 Å². The van der Waals surface area contributed by atoms with Gasteiger partial charge in [0.2, 0.25) is 17.5 Å². The number of oxazole rings is 1. The van der Waals surface area contributed by atoms with E-state index in [2.05, 4.69) is 10.3 Å². The van der Waals surface area contributed by atoms with Gasteiger partial charge >= 0.3 is 0 Å². The number of aromatic nitrogens is 1. The number of amides is 2. The molecule has 0 bridgehead atoms. The van der Waals surface area contributed by atoms with Crippen LogP contribution in [0.1, 0.15) is 12.8 Å². The Morgan fingerprint density at radius 2 is 2.13 bits per heavy atom. The molecule has 0 saturated carbocycles. The molecule has 1 aromatic heterocycles. The standard InChI is InChI=1S/C20H17ClN4O6/c1-9-8-30-15-7-24-6-11(17(26)18(27)16(24)20(29)25(9)15)19(28)22-5-14-23-12-3-2-10(21)4-13(12)31-14/h2-4,6,9,15-16H,5,7-8H2,1H3,(H,22,28)/t9-,15+,16?/m0/s1. The molecule has 3 aliphatic rings. The topological polar surface area (TPSA) is 122 Å². The van der Waals surface area contributed by atoms with Crippen LogP contribution in [0.15, 0.2) is 34.4 Å². The van der Waals surface area contributed by atoms with E-state index in [0.29, 0.717) is 22.7 Å². The molecule has 160 valence electrons. The Kier molecular flexibility index (Phi) is 4.56. The molecule has 10 nitrogen and oxygen atoms in total. The number of hydrogen-bond acceptors (Lipinski definition) is 8. The fourth-order valence-corrected chi connectivity index (χ4v) is 4.23. The predicted octanol–water partition coefficient (Wildman–Crippen LogP) is 0.391. The second kappa shape index (κ2) is 7.17. The van der Waals surface area contributed by atoms with E-state index in [1.165, 1.54) is 16.0 Å². The number of piperazine rings is 1. The highest BCUT2D eigenvalue weighted by Crippen LogP contribution is 2.29. The Morgan fingerprint density at radius 1 is 1.32 bits per heavy atom. The molecule has 0 radical (unpaired) electrons. The van der Waals surface area contributed by atoms with Gasteiger partial charge in [0.05, 0.1) is 25.7 Å². The Balaban J connectivity index is 1.34. The smallest absolute Gasteiger partial charge is 0.257 e. The lowest BCUT2D eigenvalue weighted by atomic mass is 9.93. The zero-order valence-electron chi connectivity index (χ0n) is 16.3. The first kappa shape index (κ1) is 19.7. The second-order valence-corrected chi connectivity index (χ2v) is 8.06. The van der Waals surface area contributed by atoms with Crippen LogP contribution in [0.25, 0.3) is 11.1 Å². The Bertz CT molecular complexity index is 1170. The molecule has 1 N–H and O–H groups in total. The molecule has 31 heavy (non-hydrogen) atoms. The summed E-state index contributed by atoms with van der Waals surface area (Å²) in [6.45, 7) is 2.27. The lowest BCUT2D eigenvalue weighted by Gasteiger charge is -2.43. The van der Waals surface area contributed by atoms with Crippen LogP contribution in [0.4, 0.5) is 0 Å². The van der Waals surface area contributed by atoms with Crippen molar-refractivity contribution in [3.63, 3.8) is 0 Å². The fraction of sp³-hybridized carbons (Fsp3) is 0.350. The SMILES string of the molecule is C[C@H]1CO[C@@H]2CN3C=C(C(=O)NCc4nc5ccc(Cl)cc5o4)C(=O)C(=O)C3C(=O)N12. The Labute approximate surface area is 180 Å². The number of benzene rings is 1. The van der Waals surface area contributed by atoms with Gasteiger partial charge in [0, 0.05) is 17.3 Å². The van der Waals surface area contributed by atoms with Crippen LogP contribution >= 0.6 is 11.6 Å². The summed E-state index contributed by atoms with van der Waals surface area (Å²) < 4.78 is 11.1. The second-order valence-electron chi connectivity index (χ2n) is 7.62. The zero-order valence-corrected chi connectivity index (χ0v) is 17.1. The molecule has 4 heterocycles. The lowest BCUT2D eigenvalue weighted by Crippen LogP contribution is -2.65. The summed E-state index contributed by atoms with van der Waals surface area (Å²) in [7, 11) is 0. The number of ether oxygens (including phenoxy) is 1. The summed E-state index contributed by atoms with van der Waals surface area (Å²) in [6, 6.07) is 3.51. The van der Waals surface area contributed by atoms with Gasteiger partial charge in [-0.05, 0) is 19.1 Å². The number of rotatable bonds is 3. The number of nitrogens with zero attached hydrogens (tertiary/aromatic N) is 3. The van der Waals surface area contributed by atoms with E-state index in [1.54, 1.807) is 18.2 Å². The van der Waals surface area contributed by atoms with Gasteiger partial charge in [-0.2, -0.15) is 0 Å². The minimum absolute atomic E-state index is 0.0939. The Morgan fingerprint density at radius 3 is 2.94 bits per heavy atom. The van der Waals surface area contributed by atoms with Crippen molar-refractivity contribution in [3.05, 3.63) is 40.9 Å². The van der Waals surface area contributed by atoms with Gasteiger partial charge < -0.3 is 24.3 Å². The summed E-state index contributed by atoms with van der Waals surface area (Å²) in [5, 5.41) is 3.02. The van der Waals surface area contributed by atoms with Gasteiger partial charge in [0.15, 0.2) is 11.6 Å². The van der Waals surface area contributed by atoms with E-state index in [9.17, 15) is 19.2 Å². The molecule has 0 spiro atoms. The van der Waals surface area contributed by atoms with E-state index in [-0.39, 0.29) is 30.6 Å². The van der Waals surface area contributed by atoms with Crippen molar-refractivity contribution < 1.29 is 28.3 Å². The molecule has 0 aliphatic carbocycles. The molecule has 2 fully saturated rings. The van der Waals surface area contributed by atoms with Crippen LogP contribution in [0.5, 0.6) is 0 Å². The molecule has 2 amide bonds. The van der Waals surface area contributed by atoms with Crippen molar-refractivity contribution in [2.75, 3.05) is 13.2 Å². The largest absolute Gasteiger partial charge is 0.439 e. The summed E-state index contributed by atoms with van der Waals surface area (Å²) in [4.78, 5) is 57.8. The van der Waals surface area contributed by atoms with E-state index in [4.69, 9.17) is 20.8 Å². The molecule has 3 aliphatic heterocycles. The van der Waals surface area contributed by atoms with E-state index in [1.807, 2.05) is 6.92 Å². The van der Waals surface area contributed by atoms with Crippen LogP contribution in [0, 0.1) is 0 Å². The number of Topliss-reactive ketones (excluding diaryl/α,β-unsaturated/α-hetero) is 2. The van der Waals surface area contributed by atoms with E-state index < -0.39 is 35.7 Å². The van der Waals surface area contributed by atoms with Crippen LogP contribution in [0.2, 0.25) is 5.02 Å². The fourth-order valence-electron chi connectivity index (χ4n) is 4.07. The number of ketones is 2. The van der Waals surface area contributed by atoms with Crippen LogP contribution < -0.4 is 5.32 Å². The van der Waals surface area contributed by atoms with Crippen molar-refractivity contribution in [1.29, 1.82) is 0 Å². The average molecular weight is 445 g/mol. The molecular weight excluding hydrogens is 428 g/mol. The third-order valence-corrected chi connectivity index (χ3v) is 5.79. The highest BCUT2D eigenvalue weighted by molar-refractivity contribution is 6.53. The van der Waals surface area contributed by atoms with Gasteiger partial charge in [0.25, 0.3) is 11.8 Å². The van der Waals surface area contributed by atoms with Crippen molar-refractivity contribution in [2.45, 2.75) is 31.8 Å². The average Bonchev–Trinajstić information content (AvgIpc) is 3.31. The van der Waals surface area contributed by atoms with Gasteiger partial charge in [-0.25, -0.2) is 4.98 Å². The van der Waals surface area contributed by atoms with Crippen molar-refractivity contribution in [2.24, 2.45) is 0 Å². The van der Waals surface area contributed by atoms with Crippen molar-refractivity contribution in [1.82, 2.24) is 20.1 Å². The zero-order chi connectivity index (χ0) is 21.9. The molecule has 2 saturated heterocycles. The maximum absolute atomic E-state index is 12.8. The lowest BCUT2D eigenvalue weighted by molar-refractivity contribution is -0.159. The molecular formula is C20H17ClN4O6. The van der Waals surface area contributed by atoms with E-state index in [0.717, 1.165) is 0 Å². The van der Waals surface area contributed by atoms with Crippen LogP contribution in [-0.2, 0) is 30.5 Å². The van der Waals surface area contributed by atoms with Crippen LogP contribution in [0.3, 0.4) is 0 Å². The molecule has 1 unspecified atom stereocenters. The maximum Gasteiger partial charge on any atom is 0.257 e. The van der Waals surface area contributed by atoms with Crippen molar-refractivity contribution >= 4 is 46.1 Å². The summed E-state index contributed by atoms with van der Waals surface area (Å²) in [5.74, 6) is -2.95. The van der Waals surface area contributed by atoms with Gasteiger partial charge in [-0.15, -0.1) is 0 Å². The monoisotopic (exact) mass is 444 g/mol. The predicted molar refractivity (Wildman–Crippen MR) is 106 cm³/mol. The molecule has 11 heteroatoms. The quantitative estimate of drug-likeness (QED) is 0.410. The number of hydrogen-bond donors (Lipinski definition) is 1. The minimum atomic E-state index is -1.26. The third-order valence-electron chi connectivity index (χ3n) is 5.55. The third kappa shape index (κ3) is 3.19. The van der Waals surface area contributed by atoms with Crippen LogP contribution in [-0.4, -0.2) is 69.6 Å². The molecule has 2 aromatic rings. The summed E-state index contributed by atoms with van der Waals surface area (Å²) >= 11 is 5.92. The first-order chi connectivity index (χ1) is 14.8. The minimum Gasteiger partial charge on any atom is -0.439 e. The highest BCUT2D eigenvalue weighted by Gasteiger charge is 2.52. The molecule has 5 rings (SSSR count). The first-order valence-electron chi connectivity index (χ1n) is 9.66. The number of halogens is 1.